The van der Waals surface area contributed by atoms with Gasteiger partial charge in [-0.1, -0.05) is 25.5 Å². The molecule has 19 heavy (non-hydrogen) atoms. The normalized spacial score (nSPS) is 14.4. The van der Waals surface area contributed by atoms with Gasteiger partial charge in [-0.2, -0.15) is 0 Å². The molecule has 0 bridgehead atoms. The van der Waals surface area contributed by atoms with E-state index in [4.69, 9.17) is 0 Å². The van der Waals surface area contributed by atoms with Crippen LogP contribution in [0, 0.1) is 0 Å². The van der Waals surface area contributed by atoms with Crippen molar-refractivity contribution < 1.29 is 13.5 Å². The molecule has 0 aromatic heterocycles. The van der Waals surface area contributed by atoms with Gasteiger partial charge in [-0.25, -0.2) is 13.1 Å². The van der Waals surface area contributed by atoms with Gasteiger partial charge < -0.3 is 5.11 Å². The Hall–Kier alpha value is -0.910. The number of benzene rings is 1. The molecule has 0 aliphatic rings. The highest BCUT2D eigenvalue weighted by molar-refractivity contribution is 7.89. The maximum atomic E-state index is 12.2. The number of sulfonamides is 1. The first-order chi connectivity index (χ1) is 8.68. The van der Waals surface area contributed by atoms with Crippen molar-refractivity contribution in [1.82, 2.24) is 4.72 Å². The summed E-state index contributed by atoms with van der Waals surface area (Å²) in [5, 5.41) is 9.41. The summed E-state index contributed by atoms with van der Waals surface area (Å²) in [6.45, 7) is 7.41. The summed E-state index contributed by atoms with van der Waals surface area (Å²) in [5.41, 5.74) is 0.239. The number of aliphatic hydroxyl groups excluding tert-OH is 1. The van der Waals surface area contributed by atoms with Crippen molar-refractivity contribution in [2.24, 2.45) is 0 Å². The summed E-state index contributed by atoms with van der Waals surface area (Å²) in [6, 6.07) is 6.30. The van der Waals surface area contributed by atoms with Gasteiger partial charge in [-0.15, -0.1) is 0 Å². The molecule has 1 rings (SSSR count). The Morgan fingerprint density at radius 2 is 1.79 bits per heavy atom. The number of hydrogen-bond acceptors (Lipinski definition) is 3. The molecule has 1 unspecified atom stereocenters. The summed E-state index contributed by atoms with van der Waals surface area (Å²) in [5.74, 6) is 0. The third-order valence-electron chi connectivity index (χ3n) is 2.96. The van der Waals surface area contributed by atoms with Gasteiger partial charge in [0, 0.05) is 5.54 Å². The van der Waals surface area contributed by atoms with Gasteiger partial charge in [-0.05, 0) is 44.9 Å². The molecule has 0 amide bonds. The Kier molecular flexibility index (Phi) is 5.12. The molecule has 108 valence electrons. The first kappa shape index (κ1) is 16.1. The van der Waals surface area contributed by atoms with Gasteiger partial charge in [-0.3, -0.25) is 0 Å². The second-order valence-electron chi connectivity index (χ2n) is 5.48. The van der Waals surface area contributed by atoms with Crippen LogP contribution in [0.3, 0.4) is 0 Å². The Morgan fingerprint density at radius 3 is 2.21 bits per heavy atom. The SMILES string of the molecule is CCCC(C)(C)NS(=O)(=O)c1ccc(C(C)O)cc1. The van der Waals surface area contributed by atoms with Crippen LogP contribution in [0.4, 0.5) is 0 Å². The smallest absolute Gasteiger partial charge is 0.241 e. The van der Waals surface area contributed by atoms with E-state index in [0.29, 0.717) is 5.56 Å². The quantitative estimate of drug-likeness (QED) is 0.844. The first-order valence-electron chi connectivity index (χ1n) is 6.50. The zero-order valence-corrected chi connectivity index (χ0v) is 12.8. The molecular weight excluding hydrogens is 262 g/mol. The molecule has 1 aromatic rings. The van der Waals surface area contributed by atoms with Crippen LogP contribution in [0.2, 0.25) is 0 Å². The fourth-order valence-corrected chi connectivity index (χ4v) is 3.47. The molecule has 0 aliphatic heterocycles. The average molecular weight is 285 g/mol. The topological polar surface area (TPSA) is 66.4 Å². The second kappa shape index (κ2) is 6.03. The lowest BCUT2D eigenvalue weighted by molar-refractivity contribution is 0.199. The van der Waals surface area contributed by atoms with E-state index in [-0.39, 0.29) is 4.90 Å². The second-order valence-corrected chi connectivity index (χ2v) is 7.17. The minimum absolute atomic E-state index is 0.223. The Bertz CT molecular complexity index is 504. The van der Waals surface area contributed by atoms with Gasteiger partial charge in [0.05, 0.1) is 11.0 Å². The van der Waals surface area contributed by atoms with Crippen molar-refractivity contribution in [3.05, 3.63) is 29.8 Å². The lowest BCUT2D eigenvalue weighted by atomic mass is 10.0. The van der Waals surface area contributed by atoms with Crippen molar-refractivity contribution in [3.63, 3.8) is 0 Å². The molecule has 0 heterocycles. The zero-order chi connectivity index (χ0) is 14.7. The maximum absolute atomic E-state index is 12.2. The van der Waals surface area contributed by atoms with Gasteiger partial charge >= 0.3 is 0 Å². The number of rotatable bonds is 6. The van der Waals surface area contributed by atoms with Crippen LogP contribution >= 0.6 is 0 Å². The lowest BCUT2D eigenvalue weighted by Crippen LogP contribution is -2.43. The highest BCUT2D eigenvalue weighted by atomic mass is 32.2. The van der Waals surface area contributed by atoms with E-state index in [2.05, 4.69) is 4.72 Å². The van der Waals surface area contributed by atoms with E-state index in [0.717, 1.165) is 12.8 Å². The van der Waals surface area contributed by atoms with Gasteiger partial charge in [0.25, 0.3) is 0 Å². The van der Waals surface area contributed by atoms with Crippen LogP contribution in [0.5, 0.6) is 0 Å². The predicted molar refractivity (Wildman–Crippen MR) is 76.4 cm³/mol. The van der Waals surface area contributed by atoms with E-state index in [9.17, 15) is 13.5 Å². The first-order valence-corrected chi connectivity index (χ1v) is 7.98. The molecule has 1 aromatic carbocycles. The monoisotopic (exact) mass is 285 g/mol. The Balaban J connectivity index is 2.94. The molecule has 2 N–H and O–H groups in total. The van der Waals surface area contributed by atoms with Gasteiger partial charge in [0.1, 0.15) is 0 Å². The number of nitrogens with one attached hydrogen (secondary N) is 1. The van der Waals surface area contributed by atoms with Crippen molar-refractivity contribution >= 4 is 10.0 Å². The molecule has 1 atom stereocenters. The molecular formula is C14H23NO3S. The van der Waals surface area contributed by atoms with E-state index < -0.39 is 21.7 Å². The summed E-state index contributed by atoms with van der Waals surface area (Å²) in [7, 11) is -3.51. The van der Waals surface area contributed by atoms with E-state index in [1.165, 1.54) is 12.1 Å². The molecule has 0 saturated heterocycles. The van der Waals surface area contributed by atoms with Crippen LogP contribution in [0.25, 0.3) is 0 Å². The highest BCUT2D eigenvalue weighted by Crippen LogP contribution is 2.19. The van der Waals surface area contributed by atoms with E-state index in [1.54, 1.807) is 19.1 Å². The third-order valence-corrected chi connectivity index (χ3v) is 4.67. The number of aliphatic hydroxyl groups is 1. The molecule has 0 radical (unpaired) electrons. The fourth-order valence-electron chi connectivity index (χ4n) is 2.02. The maximum Gasteiger partial charge on any atom is 0.241 e. The summed E-state index contributed by atoms with van der Waals surface area (Å²) in [6.07, 6.45) is 1.09. The van der Waals surface area contributed by atoms with E-state index in [1.807, 2.05) is 20.8 Å². The molecule has 0 spiro atoms. The number of hydrogen-bond donors (Lipinski definition) is 2. The Morgan fingerprint density at radius 1 is 1.26 bits per heavy atom. The Labute approximate surface area is 115 Å². The summed E-state index contributed by atoms with van der Waals surface area (Å²) in [4.78, 5) is 0.223. The average Bonchev–Trinajstić information content (AvgIpc) is 2.27. The summed E-state index contributed by atoms with van der Waals surface area (Å²) < 4.78 is 27.2. The minimum Gasteiger partial charge on any atom is -0.389 e. The third kappa shape index (κ3) is 4.60. The highest BCUT2D eigenvalue weighted by Gasteiger charge is 2.25. The van der Waals surface area contributed by atoms with Crippen LogP contribution in [0.15, 0.2) is 29.2 Å². The van der Waals surface area contributed by atoms with Gasteiger partial charge in [0.2, 0.25) is 10.0 Å². The van der Waals surface area contributed by atoms with E-state index >= 15 is 0 Å². The fraction of sp³-hybridized carbons (Fsp3) is 0.571. The van der Waals surface area contributed by atoms with Gasteiger partial charge in [0.15, 0.2) is 0 Å². The zero-order valence-electron chi connectivity index (χ0n) is 12.0. The minimum atomic E-state index is -3.51. The standard InChI is InChI=1S/C14H23NO3S/c1-5-10-14(3,4)15-19(17,18)13-8-6-12(7-9-13)11(2)16/h6-9,11,15-16H,5,10H2,1-4H3. The van der Waals surface area contributed by atoms with Crippen molar-refractivity contribution in [2.45, 2.75) is 57.1 Å². The molecule has 0 saturated carbocycles. The molecule has 4 nitrogen and oxygen atoms in total. The largest absolute Gasteiger partial charge is 0.389 e. The van der Waals surface area contributed by atoms with Crippen molar-refractivity contribution in [3.8, 4) is 0 Å². The molecule has 5 heteroatoms. The molecule has 0 aliphatic carbocycles. The van der Waals surface area contributed by atoms with Crippen molar-refractivity contribution in [2.75, 3.05) is 0 Å². The van der Waals surface area contributed by atoms with Crippen LogP contribution in [-0.4, -0.2) is 19.1 Å². The van der Waals surface area contributed by atoms with Crippen LogP contribution in [0.1, 0.15) is 52.2 Å². The summed E-state index contributed by atoms with van der Waals surface area (Å²) >= 11 is 0. The molecule has 0 fully saturated rings. The lowest BCUT2D eigenvalue weighted by Gasteiger charge is -2.25. The van der Waals surface area contributed by atoms with Crippen LogP contribution in [-0.2, 0) is 10.0 Å². The predicted octanol–water partition coefficient (Wildman–Crippen LogP) is 2.60. The van der Waals surface area contributed by atoms with Crippen LogP contribution < -0.4 is 4.72 Å². The van der Waals surface area contributed by atoms with Crippen molar-refractivity contribution in [1.29, 1.82) is 0 Å².